The highest BCUT2D eigenvalue weighted by Crippen LogP contribution is 2.15. The van der Waals surface area contributed by atoms with Crippen LogP contribution in [-0.2, 0) is 0 Å². The summed E-state index contributed by atoms with van der Waals surface area (Å²) >= 11 is 0. The predicted octanol–water partition coefficient (Wildman–Crippen LogP) is 8.66. The number of hydrogen-bond acceptors (Lipinski definition) is 1. The van der Waals surface area contributed by atoms with E-state index in [0.717, 1.165) is 12.5 Å². The minimum Gasteiger partial charge on any atom is -0.317 e. The average Bonchev–Trinajstić information content (AvgIpc) is 2.62. The molecule has 0 aromatic carbocycles. The Labute approximate surface area is 167 Å². The molecule has 1 heteroatoms. The molecule has 0 aromatic rings. The minimum absolute atomic E-state index is 0.896. The van der Waals surface area contributed by atoms with E-state index >= 15 is 0 Å². The number of nitrogens with one attached hydrogen (secondary N) is 1. The highest BCUT2D eigenvalue weighted by Gasteiger charge is 1.96. The second kappa shape index (κ2) is 23.0. The topological polar surface area (TPSA) is 12.0 Å². The lowest BCUT2D eigenvalue weighted by Gasteiger charge is -2.05. The molecule has 0 rings (SSSR count). The van der Waals surface area contributed by atoms with Crippen LogP contribution in [0.4, 0.5) is 0 Å². The second-order valence-corrected chi connectivity index (χ2v) is 8.90. The molecule has 0 atom stereocenters. The lowest BCUT2D eigenvalue weighted by molar-refractivity contribution is 0.501. The van der Waals surface area contributed by atoms with Crippen molar-refractivity contribution in [3.63, 3.8) is 0 Å². The summed E-state index contributed by atoms with van der Waals surface area (Å²) in [6.07, 6.45) is 27.8. The first-order valence-electron chi connectivity index (χ1n) is 12.5. The van der Waals surface area contributed by atoms with Gasteiger partial charge in [0, 0.05) is 0 Å². The van der Waals surface area contributed by atoms with Gasteiger partial charge in [0.1, 0.15) is 0 Å². The van der Waals surface area contributed by atoms with Crippen LogP contribution in [-0.4, -0.2) is 13.1 Å². The van der Waals surface area contributed by atoms with Crippen molar-refractivity contribution in [1.29, 1.82) is 0 Å². The van der Waals surface area contributed by atoms with E-state index in [2.05, 4.69) is 26.1 Å². The van der Waals surface area contributed by atoms with Gasteiger partial charge >= 0.3 is 0 Å². The quantitative estimate of drug-likeness (QED) is 0.189. The zero-order valence-corrected chi connectivity index (χ0v) is 18.9. The Kier molecular flexibility index (Phi) is 23.0. The molecular weight excluding hydrogens is 314 g/mol. The van der Waals surface area contributed by atoms with Gasteiger partial charge in [-0.05, 0) is 25.4 Å². The molecule has 0 aliphatic heterocycles. The van der Waals surface area contributed by atoms with Crippen molar-refractivity contribution in [2.75, 3.05) is 13.1 Å². The van der Waals surface area contributed by atoms with Crippen LogP contribution in [0.5, 0.6) is 0 Å². The molecule has 26 heavy (non-hydrogen) atoms. The van der Waals surface area contributed by atoms with Gasteiger partial charge in [-0.2, -0.15) is 0 Å². The number of unbranched alkanes of at least 4 members (excludes halogenated alkanes) is 17. The molecule has 0 saturated carbocycles. The van der Waals surface area contributed by atoms with Crippen LogP contribution in [0.25, 0.3) is 0 Å². The Morgan fingerprint density at radius 2 is 0.769 bits per heavy atom. The molecule has 0 fully saturated rings. The van der Waals surface area contributed by atoms with Gasteiger partial charge in [0.15, 0.2) is 0 Å². The Bertz CT molecular complexity index is 236. The van der Waals surface area contributed by atoms with Crippen LogP contribution in [0.2, 0.25) is 0 Å². The lowest BCUT2D eigenvalue weighted by Crippen LogP contribution is -2.13. The Hall–Kier alpha value is -0.0400. The van der Waals surface area contributed by atoms with E-state index in [-0.39, 0.29) is 0 Å². The van der Waals surface area contributed by atoms with Crippen LogP contribution in [0.3, 0.4) is 0 Å². The molecule has 0 amide bonds. The third-order valence-electron chi connectivity index (χ3n) is 5.64. The van der Waals surface area contributed by atoms with Crippen molar-refractivity contribution in [3.05, 3.63) is 0 Å². The van der Waals surface area contributed by atoms with Crippen molar-refractivity contribution in [2.24, 2.45) is 5.92 Å². The molecule has 0 aliphatic rings. The maximum atomic E-state index is 3.41. The van der Waals surface area contributed by atoms with E-state index in [1.54, 1.807) is 0 Å². The molecule has 158 valence electrons. The molecule has 0 saturated heterocycles. The summed E-state index contributed by atoms with van der Waals surface area (Å²) in [6, 6.07) is 0. The summed E-state index contributed by atoms with van der Waals surface area (Å²) in [5, 5.41) is 3.41. The smallest absolute Gasteiger partial charge is 0.00490 e. The highest BCUT2D eigenvalue weighted by atomic mass is 14.8. The van der Waals surface area contributed by atoms with Crippen molar-refractivity contribution >= 4 is 0 Å². The van der Waals surface area contributed by atoms with Crippen LogP contribution in [0, 0.1) is 5.92 Å². The first kappa shape index (κ1) is 26.0. The second-order valence-electron chi connectivity index (χ2n) is 8.90. The van der Waals surface area contributed by atoms with Gasteiger partial charge < -0.3 is 5.32 Å². The first-order chi connectivity index (χ1) is 12.8. The first-order valence-corrected chi connectivity index (χ1v) is 12.5. The van der Waals surface area contributed by atoms with Crippen molar-refractivity contribution < 1.29 is 0 Å². The van der Waals surface area contributed by atoms with E-state index in [4.69, 9.17) is 0 Å². The standard InChI is InChI=1S/C25H53N/c1-4-26-24-22-20-18-16-14-12-10-8-6-5-7-9-11-13-15-17-19-21-23-25(2)3/h25-26H,4-24H2,1-3H3. The van der Waals surface area contributed by atoms with E-state index in [1.807, 2.05) is 0 Å². The molecular formula is C25H53N. The number of rotatable bonds is 22. The third kappa shape index (κ3) is 24.0. The van der Waals surface area contributed by atoms with E-state index in [1.165, 1.54) is 129 Å². The molecule has 0 unspecified atom stereocenters. The molecule has 1 N–H and O–H groups in total. The summed E-state index contributed by atoms with van der Waals surface area (Å²) < 4.78 is 0. The fourth-order valence-electron chi connectivity index (χ4n) is 3.81. The SMILES string of the molecule is CCNCCCCCCCCCCCCCCCCCCCCC(C)C. The molecule has 0 radical (unpaired) electrons. The summed E-state index contributed by atoms with van der Waals surface area (Å²) in [6.45, 7) is 9.22. The molecule has 0 heterocycles. The van der Waals surface area contributed by atoms with E-state index < -0.39 is 0 Å². The van der Waals surface area contributed by atoms with Gasteiger partial charge in [-0.25, -0.2) is 0 Å². The molecule has 0 aliphatic carbocycles. The van der Waals surface area contributed by atoms with Crippen LogP contribution >= 0.6 is 0 Å². The maximum absolute atomic E-state index is 3.41. The summed E-state index contributed by atoms with van der Waals surface area (Å²) in [5.41, 5.74) is 0. The summed E-state index contributed by atoms with van der Waals surface area (Å²) in [4.78, 5) is 0. The fraction of sp³-hybridized carbons (Fsp3) is 1.00. The molecule has 0 aromatic heterocycles. The van der Waals surface area contributed by atoms with Gasteiger partial charge in [0.2, 0.25) is 0 Å². The van der Waals surface area contributed by atoms with Crippen LogP contribution in [0.1, 0.15) is 143 Å². The molecule has 0 bridgehead atoms. The van der Waals surface area contributed by atoms with Crippen LogP contribution < -0.4 is 5.32 Å². The lowest BCUT2D eigenvalue weighted by atomic mass is 10.0. The maximum Gasteiger partial charge on any atom is -0.00490 e. The van der Waals surface area contributed by atoms with Crippen LogP contribution in [0.15, 0.2) is 0 Å². The molecule has 1 nitrogen and oxygen atoms in total. The zero-order valence-electron chi connectivity index (χ0n) is 18.9. The van der Waals surface area contributed by atoms with Crippen molar-refractivity contribution in [3.8, 4) is 0 Å². The van der Waals surface area contributed by atoms with Crippen molar-refractivity contribution in [2.45, 2.75) is 143 Å². The van der Waals surface area contributed by atoms with Gasteiger partial charge in [-0.15, -0.1) is 0 Å². The van der Waals surface area contributed by atoms with E-state index in [9.17, 15) is 0 Å². The third-order valence-corrected chi connectivity index (χ3v) is 5.64. The van der Waals surface area contributed by atoms with Gasteiger partial charge in [0.05, 0.1) is 0 Å². The Balaban J connectivity index is 2.97. The monoisotopic (exact) mass is 367 g/mol. The highest BCUT2D eigenvalue weighted by molar-refractivity contribution is 4.52. The summed E-state index contributed by atoms with van der Waals surface area (Å²) in [7, 11) is 0. The zero-order chi connectivity index (χ0) is 19.1. The van der Waals surface area contributed by atoms with Gasteiger partial charge in [-0.3, -0.25) is 0 Å². The molecule has 0 spiro atoms. The van der Waals surface area contributed by atoms with Gasteiger partial charge in [-0.1, -0.05) is 136 Å². The summed E-state index contributed by atoms with van der Waals surface area (Å²) in [5.74, 6) is 0.896. The predicted molar refractivity (Wildman–Crippen MR) is 121 cm³/mol. The fourth-order valence-corrected chi connectivity index (χ4v) is 3.81. The largest absolute Gasteiger partial charge is 0.317 e. The Morgan fingerprint density at radius 3 is 1.08 bits per heavy atom. The van der Waals surface area contributed by atoms with Gasteiger partial charge in [0.25, 0.3) is 0 Å². The van der Waals surface area contributed by atoms with E-state index in [0.29, 0.717) is 0 Å². The average molecular weight is 368 g/mol. The minimum atomic E-state index is 0.896. The van der Waals surface area contributed by atoms with Crippen molar-refractivity contribution in [1.82, 2.24) is 5.32 Å². The number of hydrogen-bond donors (Lipinski definition) is 1. The Morgan fingerprint density at radius 1 is 0.462 bits per heavy atom. The normalized spacial score (nSPS) is 11.5.